The number of anilines is 1. The van der Waals surface area contributed by atoms with Crippen LogP contribution in [0, 0.1) is 15.9 Å². The molecule has 0 unspecified atom stereocenters. The molecule has 2 aromatic carbocycles. The van der Waals surface area contributed by atoms with Crippen molar-refractivity contribution in [2.45, 2.75) is 0 Å². The summed E-state index contributed by atoms with van der Waals surface area (Å²) in [7, 11) is 0. The van der Waals surface area contributed by atoms with Crippen molar-refractivity contribution >= 4 is 46.5 Å². The van der Waals surface area contributed by atoms with Gasteiger partial charge in [0, 0.05) is 17.2 Å². The van der Waals surface area contributed by atoms with Gasteiger partial charge in [-0.1, -0.05) is 23.2 Å². The van der Waals surface area contributed by atoms with E-state index in [9.17, 15) is 24.1 Å². The van der Waals surface area contributed by atoms with Crippen molar-refractivity contribution in [3.63, 3.8) is 0 Å². The largest absolute Gasteiger partial charge is 0.452 e. The van der Waals surface area contributed by atoms with E-state index in [1.54, 1.807) is 0 Å². The number of rotatable bonds is 5. The van der Waals surface area contributed by atoms with Gasteiger partial charge < -0.3 is 10.1 Å². The Morgan fingerprint density at radius 2 is 1.92 bits per heavy atom. The topological polar surface area (TPSA) is 98.5 Å². The Hall–Kier alpha value is -2.71. The number of hydrogen-bond acceptors (Lipinski definition) is 5. The summed E-state index contributed by atoms with van der Waals surface area (Å²) in [5, 5.41) is 13.0. The third-order valence-corrected chi connectivity index (χ3v) is 3.48. The highest BCUT2D eigenvalue weighted by atomic mass is 35.5. The molecular formula is C15H9Cl2FN2O5. The average molecular weight is 387 g/mol. The number of halogens is 3. The van der Waals surface area contributed by atoms with Crippen LogP contribution < -0.4 is 5.32 Å². The van der Waals surface area contributed by atoms with E-state index in [0.717, 1.165) is 24.3 Å². The zero-order chi connectivity index (χ0) is 18.6. The second-order valence-corrected chi connectivity index (χ2v) is 5.51. The van der Waals surface area contributed by atoms with Crippen molar-refractivity contribution in [2.24, 2.45) is 0 Å². The lowest BCUT2D eigenvalue weighted by molar-refractivity contribution is -0.384. The summed E-state index contributed by atoms with van der Waals surface area (Å²) < 4.78 is 18.2. The SMILES string of the molecule is O=C(COC(=O)c1cc([N+](=O)[O-])ccc1Cl)Nc1cc(Cl)ccc1F. The highest BCUT2D eigenvalue weighted by molar-refractivity contribution is 6.33. The number of benzene rings is 2. The van der Waals surface area contributed by atoms with Gasteiger partial charge in [-0.15, -0.1) is 0 Å². The molecule has 1 amide bonds. The Morgan fingerprint density at radius 1 is 1.20 bits per heavy atom. The molecule has 0 aliphatic carbocycles. The first-order valence-electron chi connectivity index (χ1n) is 6.64. The maximum atomic E-state index is 13.5. The lowest BCUT2D eigenvalue weighted by atomic mass is 10.2. The minimum absolute atomic E-state index is 0.0723. The van der Waals surface area contributed by atoms with Gasteiger partial charge in [-0.25, -0.2) is 9.18 Å². The highest BCUT2D eigenvalue weighted by Crippen LogP contribution is 2.23. The predicted molar refractivity (Wildman–Crippen MR) is 88.4 cm³/mol. The number of carbonyl (C=O) groups excluding carboxylic acids is 2. The van der Waals surface area contributed by atoms with Gasteiger partial charge in [0.2, 0.25) is 0 Å². The molecule has 1 N–H and O–H groups in total. The predicted octanol–water partition coefficient (Wildman–Crippen LogP) is 3.84. The molecule has 130 valence electrons. The van der Waals surface area contributed by atoms with Crippen molar-refractivity contribution in [1.82, 2.24) is 0 Å². The molecule has 0 heterocycles. The zero-order valence-corrected chi connectivity index (χ0v) is 13.8. The fraction of sp³-hybridized carbons (Fsp3) is 0.0667. The van der Waals surface area contributed by atoms with Crippen LogP contribution in [0.2, 0.25) is 10.0 Å². The van der Waals surface area contributed by atoms with Gasteiger partial charge in [-0.05, 0) is 24.3 Å². The van der Waals surface area contributed by atoms with E-state index < -0.39 is 29.2 Å². The number of ether oxygens (including phenoxy) is 1. The minimum Gasteiger partial charge on any atom is -0.452 e. The molecule has 0 aliphatic heterocycles. The van der Waals surface area contributed by atoms with Crippen LogP contribution in [0.25, 0.3) is 0 Å². The van der Waals surface area contributed by atoms with E-state index >= 15 is 0 Å². The maximum Gasteiger partial charge on any atom is 0.340 e. The van der Waals surface area contributed by atoms with Crippen molar-refractivity contribution in [2.75, 3.05) is 11.9 Å². The standard InChI is InChI=1S/C15H9Cl2FN2O5/c16-8-1-4-12(18)13(5-8)19-14(21)7-25-15(22)10-6-9(20(23)24)2-3-11(10)17/h1-6H,7H2,(H,19,21). The van der Waals surface area contributed by atoms with E-state index in [-0.39, 0.29) is 27.0 Å². The van der Waals surface area contributed by atoms with Crippen molar-refractivity contribution in [3.8, 4) is 0 Å². The van der Waals surface area contributed by atoms with Crippen LogP contribution in [-0.4, -0.2) is 23.4 Å². The molecule has 0 saturated heterocycles. The summed E-state index contributed by atoms with van der Waals surface area (Å²) in [5.74, 6) is -2.57. The summed E-state index contributed by atoms with van der Waals surface area (Å²) in [6.45, 7) is -0.746. The van der Waals surface area contributed by atoms with Gasteiger partial charge in [0.1, 0.15) is 5.82 Å². The Labute approximate surface area is 150 Å². The Morgan fingerprint density at radius 3 is 2.60 bits per heavy atom. The fourth-order valence-corrected chi connectivity index (χ4v) is 2.14. The molecule has 2 aromatic rings. The third kappa shape index (κ3) is 4.88. The summed E-state index contributed by atoms with van der Waals surface area (Å²) in [6.07, 6.45) is 0. The second-order valence-electron chi connectivity index (χ2n) is 4.67. The molecule has 0 fully saturated rings. The summed E-state index contributed by atoms with van der Waals surface area (Å²) in [4.78, 5) is 33.7. The number of nitro benzene ring substituents is 1. The maximum absolute atomic E-state index is 13.5. The number of esters is 1. The highest BCUT2D eigenvalue weighted by Gasteiger charge is 2.18. The average Bonchev–Trinajstić information content (AvgIpc) is 2.56. The Kier molecular flexibility index (Phi) is 5.89. The molecule has 0 saturated carbocycles. The summed E-state index contributed by atoms with van der Waals surface area (Å²) >= 11 is 11.5. The monoisotopic (exact) mass is 386 g/mol. The molecule has 2 rings (SSSR count). The molecule has 0 atom stereocenters. The number of nitrogens with zero attached hydrogens (tertiary/aromatic N) is 1. The molecular weight excluding hydrogens is 378 g/mol. The van der Waals surface area contributed by atoms with E-state index in [1.807, 2.05) is 0 Å². The van der Waals surface area contributed by atoms with E-state index in [0.29, 0.717) is 0 Å². The van der Waals surface area contributed by atoms with Crippen LogP contribution in [0.3, 0.4) is 0 Å². The van der Waals surface area contributed by atoms with Gasteiger partial charge in [0.05, 0.1) is 21.2 Å². The summed E-state index contributed by atoms with van der Waals surface area (Å²) in [5.41, 5.74) is -0.804. The van der Waals surface area contributed by atoms with Gasteiger partial charge >= 0.3 is 5.97 Å². The van der Waals surface area contributed by atoms with Gasteiger partial charge in [-0.2, -0.15) is 0 Å². The normalized spacial score (nSPS) is 10.2. The first-order chi connectivity index (χ1) is 11.8. The smallest absolute Gasteiger partial charge is 0.340 e. The van der Waals surface area contributed by atoms with Crippen molar-refractivity contribution in [1.29, 1.82) is 0 Å². The van der Waals surface area contributed by atoms with Crippen LogP contribution in [0.15, 0.2) is 36.4 Å². The molecule has 0 spiro atoms. The van der Waals surface area contributed by atoms with Crippen LogP contribution in [-0.2, 0) is 9.53 Å². The van der Waals surface area contributed by atoms with Crippen molar-refractivity contribution in [3.05, 3.63) is 67.9 Å². The first kappa shape index (κ1) is 18.6. The number of carbonyl (C=O) groups is 2. The van der Waals surface area contributed by atoms with Crippen LogP contribution >= 0.6 is 23.2 Å². The Bertz CT molecular complexity index is 860. The van der Waals surface area contributed by atoms with Gasteiger partial charge in [0.25, 0.3) is 11.6 Å². The van der Waals surface area contributed by atoms with E-state index in [4.69, 9.17) is 27.9 Å². The Balaban J connectivity index is 2.02. The summed E-state index contributed by atoms with van der Waals surface area (Å²) in [6, 6.07) is 6.77. The van der Waals surface area contributed by atoms with E-state index in [2.05, 4.69) is 5.32 Å². The lowest BCUT2D eigenvalue weighted by Crippen LogP contribution is -2.21. The number of nitrogens with one attached hydrogen (secondary N) is 1. The molecule has 0 radical (unpaired) electrons. The second kappa shape index (κ2) is 7.91. The van der Waals surface area contributed by atoms with Gasteiger partial charge in [0.15, 0.2) is 6.61 Å². The fourth-order valence-electron chi connectivity index (χ4n) is 1.77. The molecule has 7 nitrogen and oxygen atoms in total. The number of nitro groups is 1. The molecule has 10 heteroatoms. The third-order valence-electron chi connectivity index (χ3n) is 2.92. The molecule has 0 aromatic heterocycles. The minimum atomic E-state index is -1.03. The van der Waals surface area contributed by atoms with Gasteiger partial charge in [-0.3, -0.25) is 14.9 Å². The first-order valence-corrected chi connectivity index (χ1v) is 7.39. The number of non-ortho nitro benzene ring substituents is 1. The lowest BCUT2D eigenvalue weighted by Gasteiger charge is -2.08. The quantitative estimate of drug-likeness (QED) is 0.478. The zero-order valence-electron chi connectivity index (χ0n) is 12.3. The van der Waals surface area contributed by atoms with Crippen LogP contribution in [0.5, 0.6) is 0 Å². The van der Waals surface area contributed by atoms with Crippen LogP contribution in [0.4, 0.5) is 15.8 Å². The van der Waals surface area contributed by atoms with E-state index in [1.165, 1.54) is 12.1 Å². The molecule has 0 bridgehead atoms. The van der Waals surface area contributed by atoms with Crippen LogP contribution in [0.1, 0.15) is 10.4 Å². The molecule has 25 heavy (non-hydrogen) atoms. The number of hydrogen-bond donors (Lipinski definition) is 1. The molecule has 0 aliphatic rings. The number of amides is 1. The van der Waals surface area contributed by atoms with Crippen molar-refractivity contribution < 1.29 is 23.6 Å².